The number of halogens is 2. The molecule has 0 saturated carbocycles. The molecule has 25 heavy (non-hydrogen) atoms. The van der Waals surface area contributed by atoms with E-state index < -0.39 is 10.0 Å². The zero-order chi connectivity index (χ0) is 18.6. The summed E-state index contributed by atoms with van der Waals surface area (Å²) < 4.78 is 28.7. The van der Waals surface area contributed by atoms with Gasteiger partial charge in [0.1, 0.15) is 0 Å². The lowest BCUT2D eigenvalue weighted by molar-refractivity contribution is 0.102. The zero-order valence-corrected chi connectivity index (χ0v) is 17.7. The van der Waals surface area contributed by atoms with Gasteiger partial charge in [0.2, 0.25) is 10.0 Å². The predicted molar refractivity (Wildman–Crippen MR) is 106 cm³/mol. The molecule has 0 aliphatic rings. The zero-order valence-electron chi connectivity index (χ0n) is 13.7. The van der Waals surface area contributed by atoms with Crippen LogP contribution in [-0.4, -0.2) is 20.4 Å². The van der Waals surface area contributed by atoms with Crippen LogP contribution < -0.4 is 10.0 Å². The standard InChI is InChI=1S/C17H18Br2N2O3S/c1-3-11(2)21-25(23,24)14-7-4-12(5-8-14)17(22)20-16-9-6-13(18)10-15(16)19/h4-11,21H,3H2,1-2H3,(H,20,22). The average Bonchev–Trinajstić information content (AvgIpc) is 2.57. The summed E-state index contributed by atoms with van der Waals surface area (Å²) >= 11 is 6.73. The molecule has 1 amide bonds. The molecule has 2 aromatic carbocycles. The van der Waals surface area contributed by atoms with Gasteiger partial charge in [-0.3, -0.25) is 4.79 Å². The van der Waals surface area contributed by atoms with Crippen LogP contribution in [0.3, 0.4) is 0 Å². The fourth-order valence-electron chi connectivity index (χ4n) is 1.99. The van der Waals surface area contributed by atoms with Gasteiger partial charge in [-0.1, -0.05) is 22.9 Å². The van der Waals surface area contributed by atoms with E-state index in [2.05, 4.69) is 41.9 Å². The van der Waals surface area contributed by atoms with Crippen molar-refractivity contribution >= 4 is 53.5 Å². The summed E-state index contributed by atoms with van der Waals surface area (Å²) in [4.78, 5) is 12.5. The van der Waals surface area contributed by atoms with E-state index in [9.17, 15) is 13.2 Å². The topological polar surface area (TPSA) is 75.3 Å². The molecule has 0 heterocycles. The first-order chi connectivity index (χ1) is 11.7. The van der Waals surface area contributed by atoms with Gasteiger partial charge in [-0.2, -0.15) is 0 Å². The SMILES string of the molecule is CCC(C)NS(=O)(=O)c1ccc(C(=O)Nc2ccc(Br)cc2Br)cc1. The minimum atomic E-state index is -3.58. The van der Waals surface area contributed by atoms with Crippen LogP contribution in [0.2, 0.25) is 0 Å². The first-order valence-corrected chi connectivity index (χ1v) is 10.7. The highest BCUT2D eigenvalue weighted by atomic mass is 79.9. The number of benzene rings is 2. The molecule has 0 fully saturated rings. The highest BCUT2D eigenvalue weighted by Crippen LogP contribution is 2.26. The quantitative estimate of drug-likeness (QED) is 0.625. The molecule has 0 saturated heterocycles. The van der Waals surface area contributed by atoms with E-state index in [0.717, 1.165) is 8.95 Å². The summed E-state index contributed by atoms with van der Waals surface area (Å²) in [5.41, 5.74) is 1.00. The van der Waals surface area contributed by atoms with Crippen molar-refractivity contribution in [2.45, 2.75) is 31.2 Å². The van der Waals surface area contributed by atoms with Gasteiger partial charge in [-0.25, -0.2) is 13.1 Å². The van der Waals surface area contributed by atoms with Crippen LogP contribution in [0.4, 0.5) is 5.69 Å². The predicted octanol–water partition coefficient (Wildman–Crippen LogP) is 4.54. The van der Waals surface area contributed by atoms with Gasteiger partial charge in [0.25, 0.3) is 5.91 Å². The van der Waals surface area contributed by atoms with Crippen molar-refractivity contribution in [3.05, 3.63) is 57.0 Å². The van der Waals surface area contributed by atoms with Gasteiger partial charge in [-0.15, -0.1) is 0 Å². The van der Waals surface area contributed by atoms with Crippen LogP contribution in [-0.2, 0) is 10.0 Å². The number of carbonyl (C=O) groups is 1. The van der Waals surface area contributed by atoms with Gasteiger partial charge < -0.3 is 5.32 Å². The molecule has 2 N–H and O–H groups in total. The van der Waals surface area contributed by atoms with Crippen LogP contribution in [0.5, 0.6) is 0 Å². The van der Waals surface area contributed by atoms with Crippen LogP contribution in [0.1, 0.15) is 30.6 Å². The number of rotatable bonds is 6. The third kappa shape index (κ3) is 5.37. The van der Waals surface area contributed by atoms with Crippen molar-refractivity contribution < 1.29 is 13.2 Å². The fraction of sp³-hybridized carbons (Fsp3) is 0.235. The molecule has 0 radical (unpaired) electrons. The number of anilines is 1. The Labute approximate surface area is 164 Å². The molecule has 2 rings (SSSR count). The minimum absolute atomic E-state index is 0.133. The van der Waals surface area contributed by atoms with E-state index in [4.69, 9.17) is 0 Å². The summed E-state index contributed by atoms with van der Waals surface area (Å²) in [6.07, 6.45) is 0.696. The Bertz CT molecular complexity index is 868. The third-order valence-electron chi connectivity index (χ3n) is 3.57. The van der Waals surface area contributed by atoms with Gasteiger partial charge in [0, 0.05) is 20.6 Å². The normalized spacial score (nSPS) is 12.6. The molecular weight excluding hydrogens is 472 g/mol. The number of sulfonamides is 1. The maximum atomic E-state index is 12.3. The third-order valence-corrected chi connectivity index (χ3v) is 6.33. The summed E-state index contributed by atoms with van der Waals surface area (Å²) in [5, 5.41) is 2.78. The smallest absolute Gasteiger partial charge is 0.255 e. The summed E-state index contributed by atoms with van der Waals surface area (Å²) in [7, 11) is -3.58. The molecule has 0 aliphatic heterocycles. The first-order valence-electron chi connectivity index (χ1n) is 7.61. The lowest BCUT2D eigenvalue weighted by Gasteiger charge is -2.12. The maximum Gasteiger partial charge on any atom is 0.255 e. The second-order valence-corrected chi connectivity index (χ2v) is 9.02. The lowest BCUT2D eigenvalue weighted by atomic mass is 10.2. The molecular formula is C17H18Br2N2O3S. The number of nitrogens with one attached hydrogen (secondary N) is 2. The van der Waals surface area contributed by atoms with Crippen molar-refractivity contribution in [2.24, 2.45) is 0 Å². The largest absolute Gasteiger partial charge is 0.321 e. The highest BCUT2D eigenvalue weighted by Gasteiger charge is 2.17. The van der Waals surface area contributed by atoms with E-state index in [1.54, 1.807) is 13.0 Å². The van der Waals surface area contributed by atoms with Gasteiger partial charge in [-0.05, 0) is 71.7 Å². The number of carbonyl (C=O) groups excluding carboxylic acids is 1. The van der Waals surface area contributed by atoms with Crippen molar-refractivity contribution in [3.8, 4) is 0 Å². The van der Waals surface area contributed by atoms with E-state index in [1.165, 1.54) is 24.3 Å². The molecule has 8 heteroatoms. The molecule has 0 spiro atoms. The molecule has 0 aromatic heterocycles. The average molecular weight is 490 g/mol. The van der Waals surface area contributed by atoms with Crippen molar-refractivity contribution in [1.29, 1.82) is 0 Å². The Morgan fingerprint density at radius 3 is 2.32 bits per heavy atom. The Morgan fingerprint density at radius 1 is 1.12 bits per heavy atom. The second-order valence-electron chi connectivity index (χ2n) is 5.53. The molecule has 1 atom stereocenters. The van der Waals surface area contributed by atoms with Gasteiger partial charge in [0.15, 0.2) is 0 Å². The monoisotopic (exact) mass is 488 g/mol. The fourth-order valence-corrected chi connectivity index (χ4v) is 4.46. The van der Waals surface area contributed by atoms with Crippen LogP contribution in [0, 0.1) is 0 Å². The van der Waals surface area contributed by atoms with Crippen LogP contribution >= 0.6 is 31.9 Å². The molecule has 1 unspecified atom stereocenters. The number of hydrogen-bond acceptors (Lipinski definition) is 3. The molecule has 0 bridgehead atoms. The van der Waals surface area contributed by atoms with Gasteiger partial charge in [0.05, 0.1) is 10.6 Å². The van der Waals surface area contributed by atoms with Crippen molar-refractivity contribution in [2.75, 3.05) is 5.32 Å². The highest BCUT2D eigenvalue weighted by molar-refractivity contribution is 9.11. The lowest BCUT2D eigenvalue weighted by Crippen LogP contribution is -2.32. The molecule has 0 aliphatic carbocycles. The summed E-state index contributed by atoms with van der Waals surface area (Å²) in [6, 6.07) is 11.1. The minimum Gasteiger partial charge on any atom is -0.321 e. The molecule has 2 aromatic rings. The van der Waals surface area contributed by atoms with E-state index in [-0.39, 0.29) is 16.8 Å². The first kappa shape index (κ1) is 20.1. The Balaban J connectivity index is 2.15. The van der Waals surface area contributed by atoms with Crippen LogP contribution in [0.15, 0.2) is 56.3 Å². The number of amides is 1. The van der Waals surface area contributed by atoms with E-state index >= 15 is 0 Å². The van der Waals surface area contributed by atoms with Gasteiger partial charge >= 0.3 is 0 Å². The second kappa shape index (κ2) is 8.44. The Hall–Kier alpha value is -1.22. The van der Waals surface area contributed by atoms with Crippen molar-refractivity contribution in [3.63, 3.8) is 0 Å². The maximum absolute atomic E-state index is 12.3. The molecule has 5 nitrogen and oxygen atoms in total. The number of hydrogen-bond donors (Lipinski definition) is 2. The summed E-state index contributed by atoms with van der Waals surface area (Å²) in [5.74, 6) is -0.318. The Kier molecular flexibility index (Phi) is 6.79. The Morgan fingerprint density at radius 2 is 1.76 bits per heavy atom. The molecule has 134 valence electrons. The van der Waals surface area contributed by atoms with Crippen molar-refractivity contribution in [1.82, 2.24) is 4.72 Å². The van der Waals surface area contributed by atoms with E-state index in [1.807, 2.05) is 19.1 Å². The summed E-state index contributed by atoms with van der Waals surface area (Å²) in [6.45, 7) is 3.70. The van der Waals surface area contributed by atoms with Crippen LogP contribution in [0.25, 0.3) is 0 Å². The van der Waals surface area contributed by atoms with E-state index in [0.29, 0.717) is 17.7 Å².